The summed E-state index contributed by atoms with van der Waals surface area (Å²) in [5.74, 6) is 0. The molecule has 7 nitrogen and oxygen atoms in total. The maximum atomic E-state index is 10.6. The SMILES string of the molecule is Cc1cc(/C(C=NCCOCCCCCCCCCCCCN)=C/N)ccc1NC(C)C(O)c1ccncc1. The van der Waals surface area contributed by atoms with Gasteiger partial charge in [0.25, 0.3) is 0 Å². The number of benzene rings is 1. The number of nitrogens with two attached hydrogens (primary N) is 2. The highest BCUT2D eigenvalue weighted by Crippen LogP contribution is 2.24. The molecule has 7 heteroatoms. The maximum absolute atomic E-state index is 10.6. The summed E-state index contributed by atoms with van der Waals surface area (Å²) in [6, 6.07) is 9.62. The van der Waals surface area contributed by atoms with Crippen LogP contribution < -0.4 is 16.8 Å². The van der Waals surface area contributed by atoms with Crippen LogP contribution in [-0.2, 0) is 4.74 Å². The number of nitrogens with zero attached hydrogens (tertiary/aromatic N) is 2. The number of allylic oxidation sites excluding steroid dienone is 1. The number of anilines is 1. The number of aliphatic hydroxyl groups is 1. The molecular formula is C32H51N5O2. The monoisotopic (exact) mass is 537 g/mol. The zero-order valence-electron chi connectivity index (χ0n) is 24.2. The minimum absolute atomic E-state index is 0.162. The molecule has 39 heavy (non-hydrogen) atoms. The largest absolute Gasteiger partial charge is 0.404 e. The van der Waals surface area contributed by atoms with Gasteiger partial charge in [0.15, 0.2) is 0 Å². The van der Waals surface area contributed by atoms with Crippen LogP contribution in [0.25, 0.3) is 5.57 Å². The number of aromatic nitrogens is 1. The summed E-state index contributed by atoms with van der Waals surface area (Å²) in [7, 11) is 0. The van der Waals surface area contributed by atoms with Gasteiger partial charge in [-0.1, -0.05) is 57.4 Å². The fraction of sp³-hybridized carbons (Fsp3) is 0.562. The zero-order chi connectivity index (χ0) is 28.1. The number of aryl methyl sites for hydroxylation is 1. The highest BCUT2D eigenvalue weighted by Gasteiger charge is 2.17. The van der Waals surface area contributed by atoms with Crippen molar-refractivity contribution in [1.29, 1.82) is 0 Å². The summed E-state index contributed by atoms with van der Waals surface area (Å²) in [5.41, 5.74) is 16.2. The molecule has 6 N–H and O–H groups in total. The Hall–Kier alpha value is -2.74. The number of hydrogen-bond donors (Lipinski definition) is 4. The fourth-order valence-electron chi connectivity index (χ4n) is 4.54. The van der Waals surface area contributed by atoms with Crippen molar-refractivity contribution in [3.05, 3.63) is 65.6 Å². The Balaban J connectivity index is 1.62. The van der Waals surface area contributed by atoms with Crippen LogP contribution in [0.3, 0.4) is 0 Å². The van der Waals surface area contributed by atoms with Gasteiger partial charge in [0, 0.05) is 42.7 Å². The third-order valence-corrected chi connectivity index (χ3v) is 6.98. The quantitative estimate of drug-likeness (QED) is 0.112. The van der Waals surface area contributed by atoms with Gasteiger partial charge in [-0.15, -0.1) is 0 Å². The third-order valence-electron chi connectivity index (χ3n) is 6.98. The summed E-state index contributed by atoms with van der Waals surface area (Å²) in [6.07, 6.45) is 19.0. The number of rotatable bonds is 21. The van der Waals surface area contributed by atoms with E-state index in [1.807, 2.05) is 44.3 Å². The molecule has 216 valence electrons. The van der Waals surface area contributed by atoms with E-state index < -0.39 is 6.10 Å². The molecule has 0 aliphatic rings. The molecule has 0 aliphatic carbocycles. The van der Waals surface area contributed by atoms with Gasteiger partial charge in [0.1, 0.15) is 0 Å². The molecule has 1 heterocycles. The van der Waals surface area contributed by atoms with Gasteiger partial charge in [-0.2, -0.15) is 0 Å². The molecule has 2 aromatic rings. The number of pyridine rings is 1. The van der Waals surface area contributed by atoms with Crippen LogP contribution in [0.5, 0.6) is 0 Å². The summed E-state index contributed by atoms with van der Waals surface area (Å²) >= 11 is 0. The van der Waals surface area contributed by atoms with E-state index in [9.17, 15) is 5.11 Å². The van der Waals surface area contributed by atoms with Crippen LogP contribution in [0.4, 0.5) is 5.69 Å². The number of hydrogen-bond acceptors (Lipinski definition) is 7. The number of nitrogens with one attached hydrogen (secondary N) is 1. The van der Waals surface area contributed by atoms with Gasteiger partial charge in [0.2, 0.25) is 0 Å². The Morgan fingerprint density at radius 2 is 1.62 bits per heavy atom. The van der Waals surface area contributed by atoms with Gasteiger partial charge >= 0.3 is 0 Å². The van der Waals surface area contributed by atoms with Gasteiger partial charge in [-0.25, -0.2) is 0 Å². The Morgan fingerprint density at radius 1 is 0.974 bits per heavy atom. The minimum Gasteiger partial charge on any atom is -0.404 e. The molecule has 2 unspecified atom stereocenters. The Labute approximate surface area is 236 Å². The number of aliphatic imine (C=N–C) groups is 1. The van der Waals surface area contributed by atoms with Gasteiger partial charge in [0.05, 0.1) is 25.3 Å². The lowest BCUT2D eigenvalue weighted by atomic mass is 10.0. The van der Waals surface area contributed by atoms with E-state index in [-0.39, 0.29) is 6.04 Å². The van der Waals surface area contributed by atoms with Crippen LogP contribution in [0, 0.1) is 6.92 Å². The standard InChI is InChI=1S/C32H51N5O2/c1-26-23-29(13-14-31(26)37-27(2)32(38)28-15-18-35-19-16-28)30(24-34)25-36-20-22-39-21-12-10-8-6-4-3-5-7-9-11-17-33/h13-16,18-19,23-25,27,32,37-38H,3-12,17,20-22,33-34H2,1-2H3/b30-24+,36-25?. The third kappa shape index (κ3) is 13.2. The summed E-state index contributed by atoms with van der Waals surface area (Å²) in [5, 5.41) is 14.1. The smallest absolute Gasteiger partial charge is 0.0989 e. The average molecular weight is 538 g/mol. The van der Waals surface area contributed by atoms with Crippen molar-refractivity contribution in [3.8, 4) is 0 Å². The molecule has 0 fully saturated rings. The van der Waals surface area contributed by atoms with Crippen LogP contribution in [0.2, 0.25) is 0 Å². The Kier molecular flexibility index (Phi) is 16.8. The molecular weight excluding hydrogens is 486 g/mol. The molecule has 0 saturated heterocycles. The molecule has 0 bridgehead atoms. The Bertz CT molecular complexity index is 964. The van der Waals surface area contributed by atoms with E-state index in [1.54, 1.807) is 18.6 Å². The molecule has 2 rings (SSSR count). The predicted octanol–water partition coefficient (Wildman–Crippen LogP) is 6.17. The zero-order valence-corrected chi connectivity index (χ0v) is 24.2. The second-order valence-electron chi connectivity index (χ2n) is 10.3. The minimum atomic E-state index is -0.632. The molecule has 0 spiro atoms. The molecule has 2 atom stereocenters. The predicted molar refractivity (Wildman–Crippen MR) is 165 cm³/mol. The average Bonchev–Trinajstić information content (AvgIpc) is 2.96. The second kappa shape index (κ2) is 20.2. The molecule has 0 saturated carbocycles. The molecule has 0 radical (unpaired) electrons. The number of unbranched alkanes of at least 4 members (excludes halogenated alkanes) is 9. The Morgan fingerprint density at radius 3 is 2.23 bits per heavy atom. The van der Waals surface area contributed by atoms with Crippen molar-refractivity contribution in [1.82, 2.24) is 4.98 Å². The van der Waals surface area contributed by atoms with Gasteiger partial charge in [-0.05, 0) is 74.2 Å². The number of aliphatic hydroxyl groups excluding tert-OH is 1. The van der Waals surface area contributed by atoms with Crippen molar-refractivity contribution in [2.24, 2.45) is 16.5 Å². The van der Waals surface area contributed by atoms with Crippen molar-refractivity contribution < 1.29 is 9.84 Å². The molecule has 0 amide bonds. The maximum Gasteiger partial charge on any atom is 0.0989 e. The highest BCUT2D eigenvalue weighted by atomic mass is 16.5. The first-order chi connectivity index (χ1) is 19.1. The van der Waals surface area contributed by atoms with Gasteiger partial charge < -0.3 is 26.6 Å². The van der Waals surface area contributed by atoms with E-state index >= 15 is 0 Å². The fourth-order valence-corrected chi connectivity index (χ4v) is 4.54. The van der Waals surface area contributed by atoms with Crippen molar-refractivity contribution >= 4 is 17.5 Å². The van der Waals surface area contributed by atoms with Crippen LogP contribution >= 0.6 is 0 Å². The summed E-state index contributed by atoms with van der Waals surface area (Å²) in [6.45, 7) is 6.88. The van der Waals surface area contributed by atoms with E-state index in [2.05, 4.69) is 21.4 Å². The molecule has 1 aromatic heterocycles. The van der Waals surface area contributed by atoms with Crippen molar-refractivity contribution in [2.75, 3.05) is 31.6 Å². The van der Waals surface area contributed by atoms with E-state index in [0.29, 0.717) is 13.2 Å². The lowest BCUT2D eigenvalue weighted by molar-refractivity contribution is 0.137. The first-order valence-corrected chi connectivity index (χ1v) is 14.7. The highest BCUT2D eigenvalue weighted by molar-refractivity contribution is 6.09. The van der Waals surface area contributed by atoms with E-state index in [4.69, 9.17) is 16.2 Å². The second-order valence-corrected chi connectivity index (χ2v) is 10.3. The topological polar surface area (TPSA) is 119 Å². The van der Waals surface area contributed by atoms with E-state index in [1.165, 1.54) is 57.8 Å². The first-order valence-electron chi connectivity index (χ1n) is 14.7. The lowest BCUT2D eigenvalue weighted by Crippen LogP contribution is -2.24. The summed E-state index contributed by atoms with van der Waals surface area (Å²) < 4.78 is 5.75. The van der Waals surface area contributed by atoms with Crippen LogP contribution in [-0.4, -0.2) is 48.7 Å². The summed E-state index contributed by atoms with van der Waals surface area (Å²) in [4.78, 5) is 8.53. The first kappa shape index (κ1) is 32.5. The van der Waals surface area contributed by atoms with Crippen molar-refractivity contribution in [3.63, 3.8) is 0 Å². The normalized spacial score (nSPS) is 13.6. The number of ether oxygens (including phenoxy) is 1. The lowest BCUT2D eigenvalue weighted by Gasteiger charge is -2.23. The van der Waals surface area contributed by atoms with Crippen LogP contribution in [0.15, 0.2) is 53.9 Å². The molecule has 0 aliphatic heterocycles. The molecule has 1 aromatic carbocycles. The van der Waals surface area contributed by atoms with Crippen LogP contribution in [0.1, 0.15) is 93.9 Å². The van der Waals surface area contributed by atoms with E-state index in [0.717, 1.165) is 47.5 Å². The van der Waals surface area contributed by atoms with Gasteiger partial charge in [-0.3, -0.25) is 9.98 Å². The van der Waals surface area contributed by atoms with Crippen molar-refractivity contribution in [2.45, 2.75) is 90.2 Å².